The number of thioether (sulfide) groups is 1. The van der Waals surface area contributed by atoms with Crippen molar-refractivity contribution in [2.45, 2.75) is 13.5 Å². The van der Waals surface area contributed by atoms with Crippen LogP contribution in [0.3, 0.4) is 0 Å². The van der Waals surface area contributed by atoms with E-state index < -0.39 is 0 Å². The Labute approximate surface area is 161 Å². The average molecular weight is 381 g/mol. The van der Waals surface area contributed by atoms with Crippen LogP contribution in [0.2, 0.25) is 0 Å². The van der Waals surface area contributed by atoms with Crippen molar-refractivity contribution in [3.63, 3.8) is 0 Å². The van der Waals surface area contributed by atoms with Gasteiger partial charge in [-0.3, -0.25) is 4.90 Å². The molecule has 0 saturated carbocycles. The van der Waals surface area contributed by atoms with Crippen molar-refractivity contribution in [1.82, 2.24) is 15.5 Å². The Bertz CT molecular complexity index is 536. The van der Waals surface area contributed by atoms with Crippen molar-refractivity contribution in [3.8, 4) is 5.75 Å². The van der Waals surface area contributed by atoms with Gasteiger partial charge in [-0.25, -0.2) is 4.99 Å². The normalized spacial score (nSPS) is 15.7. The molecule has 26 heavy (non-hydrogen) atoms. The van der Waals surface area contributed by atoms with E-state index in [9.17, 15) is 0 Å². The number of rotatable bonds is 10. The summed E-state index contributed by atoms with van der Waals surface area (Å²) < 4.78 is 11.3. The highest BCUT2D eigenvalue weighted by molar-refractivity contribution is 7.98. The predicted octanol–water partition coefficient (Wildman–Crippen LogP) is 1.82. The fourth-order valence-corrected chi connectivity index (χ4v) is 2.94. The van der Waals surface area contributed by atoms with E-state index in [1.807, 2.05) is 23.9 Å². The maximum atomic E-state index is 5.92. The summed E-state index contributed by atoms with van der Waals surface area (Å²) in [5.74, 6) is 2.84. The van der Waals surface area contributed by atoms with Crippen LogP contribution in [0.15, 0.2) is 29.3 Å². The molecular weight excluding hydrogens is 348 g/mol. The molecular formula is C19H32N4O2S. The molecule has 146 valence electrons. The second-order valence-electron chi connectivity index (χ2n) is 6.06. The van der Waals surface area contributed by atoms with Crippen LogP contribution in [0.25, 0.3) is 0 Å². The van der Waals surface area contributed by atoms with Gasteiger partial charge in [0.05, 0.1) is 19.8 Å². The van der Waals surface area contributed by atoms with Gasteiger partial charge in [0, 0.05) is 38.5 Å². The van der Waals surface area contributed by atoms with E-state index in [-0.39, 0.29) is 0 Å². The Balaban J connectivity index is 1.79. The molecule has 2 N–H and O–H groups in total. The molecule has 0 amide bonds. The highest BCUT2D eigenvalue weighted by atomic mass is 32.2. The summed E-state index contributed by atoms with van der Waals surface area (Å²) in [6, 6.07) is 8.20. The predicted molar refractivity (Wildman–Crippen MR) is 110 cm³/mol. The number of nitrogens with zero attached hydrogens (tertiary/aromatic N) is 2. The SMILES string of the molecule is CCNC(=NCc1cccc(OCCN2CCOCC2)c1)NCCSC. The molecule has 1 aliphatic rings. The van der Waals surface area contributed by atoms with Crippen molar-refractivity contribution in [3.05, 3.63) is 29.8 Å². The minimum Gasteiger partial charge on any atom is -0.492 e. The number of morpholine rings is 1. The zero-order chi connectivity index (χ0) is 18.5. The third kappa shape index (κ3) is 8.29. The van der Waals surface area contributed by atoms with Crippen LogP contribution in [0.1, 0.15) is 12.5 Å². The maximum Gasteiger partial charge on any atom is 0.191 e. The maximum absolute atomic E-state index is 5.92. The van der Waals surface area contributed by atoms with E-state index in [0.29, 0.717) is 13.2 Å². The number of benzene rings is 1. The van der Waals surface area contributed by atoms with E-state index >= 15 is 0 Å². The first kappa shape index (κ1) is 20.9. The summed E-state index contributed by atoms with van der Waals surface area (Å²) in [5, 5.41) is 6.63. The fourth-order valence-electron chi connectivity index (χ4n) is 2.63. The van der Waals surface area contributed by atoms with E-state index in [4.69, 9.17) is 9.47 Å². The highest BCUT2D eigenvalue weighted by Crippen LogP contribution is 2.14. The number of hydrogen-bond donors (Lipinski definition) is 2. The number of ether oxygens (including phenoxy) is 2. The smallest absolute Gasteiger partial charge is 0.191 e. The van der Waals surface area contributed by atoms with Crippen LogP contribution in [0.4, 0.5) is 0 Å². The zero-order valence-corrected chi connectivity index (χ0v) is 16.8. The van der Waals surface area contributed by atoms with Gasteiger partial charge in [-0.1, -0.05) is 12.1 Å². The van der Waals surface area contributed by atoms with Gasteiger partial charge in [0.1, 0.15) is 12.4 Å². The van der Waals surface area contributed by atoms with Crippen molar-refractivity contribution < 1.29 is 9.47 Å². The van der Waals surface area contributed by atoms with E-state index in [1.54, 1.807) is 0 Å². The third-order valence-corrected chi connectivity index (χ3v) is 4.65. The molecule has 0 aromatic heterocycles. The lowest BCUT2D eigenvalue weighted by atomic mass is 10.2. The number of aliphatic imine (C=N–C) groups is 1. The fraction of sp³-hybridized carbons (Fsp3) is 0.632. The summed E-state index contributed by atoms with van der Waals surface area (Å²) in [7, 11) is 0. The van der Waals surface area contributed by atoms with E-state index in [0.717, 1.165) is 69.0 Å². The van der Waals surface area contributed by atoms with E-state index in [1.165, 1.54) is 0 Å². The average Bonchev–Trinajstić information content (AvgIpc) is 2.67. The third-order valence-electron chi connectivity index (χ3n) is 4.04. The van der Waals surface area contributed by atoms with Crippen LogP contribution < -0.4 is 15.4 Å². The molecule has 0 atom stereocenters. The molecule has 1 fully saturated rings. The van der Waals surface area contributed by atoms with Gasteiger partial charge >= 0.3 is 0 Å². The highest BCUT2D eigenvalue weighted by Gasteiger charge is 2.09. The van der Waals surface area contributed by atoms with E-state index in [2.05, 4.69) is 45.8 Å². The lowest BCUT2D eigenvalue weighted by Gasteiger charge is -2.26. The molecule has 0 aliphatic carbocycles. The van der Waals surface area contributed by atoms with Crippen LogP contribution in [0, 0.1) is 0 Å². The summed E-state index contributed by atoms with van der Waals surface area (Å²) in [4.78, 5) is 7.03. The second kappa shape index (κ2) is 12.8. The number of guanidine groups is 1. The van der Waals surface area contributed by atoms with Gasteiger partial charge in [-0.05, 0) is 30.9 Å². The van der Waals surface area contributed by atoms with Crippen molar-refractivity contribution in [2.24, 2.45) is 4.99 Å². The molecule has 0 spiro atoms. The monoisotopic (exact) mass is 380 g/mol. The molecule has 0 unspecified atom stereocenters. The van der Waals surface area contributed by atoms with Crippen molar-refractivity contribution in [1.29, 1.82) is 0 Å². The van der Waals surface area contributed by atoms with Crippen LogP contribution >= 0.6 is 11.8 Å². The molecule has 6 nitrogen and oxygen atoms in total. The van der Waals surface area contributed by atoms with Gasteiger partial charge in [-0.15, -0.1) is 0 Å². The minimum atomic E-state index is 0.634. The minimum absolute atomic E-state index is 0.634. The first-order valence-electron chi connectivity index (χ1n) is 9.34. The van der Waals surface area contributed by atoms with Crippen LogP contribution in [-0.2, 0) is 11.3 Å². The molecule has 7 heteroatoms. The Morgan fingerprint density at radius 3 is 2.92 bits per heavy atom. The van der Waals surface area contributed by atoms with Gasteiger partial charge in [0.2, 0.25) is 0 Å². The van der Waals surface area contributed by atoms with Crippen molar-refractivity contribution >= 4 is 17.7 Å². The number of nitrogens with one attached hydrogen (secondary N) is 2. The van der Waals surface area contributed by atoms with Crippen LogP contribution in [0.5, 0.6) is 5.75 Å². The van der Waals surface area contributed by atoms with Gasteiger partial charge in [-0.2, -0.15) is 11.8 Å². The Morgan fingerprint density at radius 1 is 1.31 bits per heavy atom. The lowest BCUT2D eigenvalue weighted by molar-refractivity contribution is 0.0322. The zero-order valence-electron chi connectivity index (χ0n) is 16.0. The Kier molecular flexibility index (Phi) is 10.3. The first-order valence-corrected chi connectivity index (χ1v) is 10.7. The molecule has 0 radical (unpaired) electrons. The summed E-state index contributed by atoms with van der Waals surface area (Å²) in [5.41, 5.74) is 1.15. The topological polar surface area (TPSA) is 58.1 Å². The Morgan fingerprint density at radius 2 is 2.15 bits per heavy atom. The Hall–Kier alpha value is -1.44. The second-order valence-corrected chi connectivity index (χ2v) is 7.05. The quantitative estimate of drug-likeness (QED) is 0.367. The largest absolute Gasteiger partial charge is 0.492 e. The summed E-state index contributed by atoms with van der Waals surface area (Å²) >= 11 is 1.82. The molecule has 1 aliphatic heterocycles. The van der Waals surface area contributed by atoms with Gasteiger partial charge < -0.3 is 20.1 Å². The molecule has 1 saturated heterocycles. The van der Waals surface area contributed by atoms with Gasteiger partial charge in [0.15, 0.2) is 5.96 Å². The van der Waals surface area contributed by atoms with Gasteiger partial charge in [0.25, 0.3) is 0 Å². The molecule has 1 aromatic carbocycles. The number of hydrogen-bond acceptors (Lipinski definition) is 5. The first-order chi connectivity index (χ1) is 12.8. The molecule has 2 rings (SSSR count). The van der Waals surface area contributed by atoms with Crippen molar-refractivity contribution in [2.75, 3.05) is 64.6 Å². The lowest BCUT2D eigenvalue weighted by Crippen LogP contribution is -2.38. The molecule has 0 bridgehead atoms. The van der Waals surface area contributed by atoms with Crippen LogP contribution in [-0.4, -0.2) is 75.4 Å². The molecule has 1 aromatic rings. The molecule has 1 heterocycles. The summed E-state index contributed by atoms with van der Waals surface area (Å²) in [6.45, 7) is 9.77. The standard InChI is InChI=1S/C19H32N4O2S/c1-3-20-19(21-7-14-26-2)22-16-17-5-4-6-18(15-17)25-13-10-23-8-11-24-12-9-23/h4-6,15H,3,7-14,16H2,1-2H3,(H2,20,21,22). The summed E-state index contributed by atoms with van der Waals surface area (Å²) in [6.07, 6.45) is 2.11.